The van der Waals surface area contributed by atoms with Crippen molar-refractivity contribution in [3.8, 4) is 28.6 Å². The van der Waals surface area contributed by atoms with Crippen molar-refractivity contribution in [3.63, 3.8) is 0 Å². The van der Waals surface area contributed by atoms with Gasteiger partial charge in [0, 0.05) is 36.8 Å². The van der Waals surface area contributed by atoms with Gasteiger partial charge < -0.3 is 28.8 Å². The Kier molecular flexibility index (Phi) is 7.32. The average Bonchev–Trinajstić information content (AvgIpc) is 3.47. The van der Waals surface area contributed by atoms with Gasteiger partial charge in [-0.2, -0.15) is 0 Å². The first-order chi connectivity index (χ1) is 19.0. The standard InChI is InChI=1S/C28H24N4O7/c1-16-4-5-23(18(10-16)24-6-7-31-39-24)38-25-14-21(33)20(12-22(25)34)32-28-17-11-26(36-3)27(37-9-8-35-2)13-19(17)29-15-30-28/h4-7,10-15H,8-9H2,1-3H3,(H,29,30,32). The van der Waals surface area contributed by atoms with Gasteiger partial charge in [0.05, 0.1) is 36.7 Å². The highest BCUT2D eigenvalue weighted by molar-refractivity contribution is 6.20. The third-order valence-corrected chi connectivity index (χ3v) is 5.82. The molecule has 0 fully saturated rings. The van der Waals surface area contributed by atoms with Crippen LogP contribution in [-0.2, 0) is 14.3 Å². The number of aryl methyl sites for hydroxylation is 1. The Bertz CT molecular complexity index is 1610. The summed E-state index contributed by atoms with van der Waals surface area (Å²) >= 11 is 0. The second kappa shape index (κ2) is 11.2. The van der Waals surface area contributed by atoms with E-state index in [4.69, 9.17) is 23.5 Å². The molecule has 1 N–H and O–H groups in total. The highest BCUT2D eigenvalue weighted by atomic mass is 16.5. The third kappa shape index (κ3) is 5.48. The Morgan fingerprint density at radius 2 is 1.79 bits per heavy atom. The third-order valence-electron chi connectivity index (χ3n) is 5.82. The van der Waals surface area contributed by atoms with E-state index in [1.54, 1.807) is 31.4 Å². The quantitative estimate of drug-likeness (QED) is 0.236. The number of aromatic nitrogens is 3. The van der Waals surface area contributed by atoms with Crippen LogP contribution >= 0.6 is 0 Å². The van der Waals surface area contributed by atoms with E-state index < -0.39 is 11.6 Å². The molecule has 0 bridgehead atoms. The molecule has 0 amide bonds. The molecule has 0 saturated heterocycles. The molecule has 2 aromatic heterocycles. The maximum absolute atomic E-state index is 13.0. The van der Waals surface area contributed by atoms with Gasteiger partial charge in [-0.15, -0.1) is 0 Å². The van der Waals surface area contributed by atoms with Crippen LogP contribution in [0.2, 0.25) is 0 Å². The zero-order valence-corrected chi connectivity index (χ0v) is 21.4. The van der Waals surface area contributed by atoms with Crippen LogP contribution in [0.4, 0.5) is 5.82 Å². The molecule has 0 saturated carbocycles. The zero-order valence-electron chi connectivity index (χ0n) is 21.4. The summed E-state index contributed by atoms with van der Waals surface area (Å²) in [7, 11) is 3.10. The number of allylic oxidation sites excluding steroid dienone is 2. The molecule has 2 heterocycles. The minimum atomic E-state index is -0.494. The van der Waals surface area contributed by atoms with Crippen molar-refractivity contribution in [3.05, 3.63) is 78.1 Å². The second-order valence-electron chi connectivity index (χ2n) is 8.48. The number of methoxy groups -OCH3 is 2. The van der Waals surface area contributed by atoms with Gasteiger partial charge in [-0.3, -0.25) is 9.59 Å². The molecule has 11 heteroatoms. The van der Waals surface area contributed by atoms with Crippen molar-refractivity contribution in [1.29, 1.82) is 0 Å². The number of hydrogen-bond acceptors (Lipinski definition) is 11. The maximum atomic E-state index is 13.0. The fourth-order valence-corrected chi connectivity index (χ4v) is 3.92. The lowest BCUT2D eigenvalue weighted by Gasteiger charge is -2.17. The molecule has 0 radical (unpaired) electrons. The summed E-state index contributed by atoms with van der Waals surface area (Å²) < 4.78 is 27.3. The van der Waals surface area contributed by atoms with E-state index in [2.05, 4.69) is 20.4 Å². The van der Waals surface area contributed by atoms with E-state index in [0.29, 0.717) is 58.5 Å². The van der Waals surface area contributed by atoms with Crippen LogP contribution in [0, 0.1) is 6.92 Å². The molecule has 5 rings (SSSR count). The van der Waals surface area contributed by atoms with Crippen LogP contribution in [0.15, 0.2) is 77.1 Å². The number of ether oxygens (including phenoxy) is 4. The van der Waals surface area contributed by atoms with E-state index in [1.165, 1.54) is 25.7 Å². The highest BCUT2D eigenvalue weighted by Crippen LogP contribution is 2.35. The van der Waals surface area contributed by atoms with Crippen LogP contribution in [0.25, 0.3) is 22.2 Å². The number of nitrogens with zero attached hydrogens (tertiary/aromatic N) is 3. The Hall–Kier alpha value is -5.03. The van der Waals surface area contributed by atoms with Crippen LogP contribution in [0.3, 0.4) is 0 Å². The van der Waals surface area contributed by atoms with Crippen LogP contribution in [0.5, 0.6) is 17.2 Å². The van der Waals surface area contributed by atoms with Crippen molar-refractivity contribution in [2.24, 2.45) is 0 Å². The lowest BCUT2D eigenvalue weighted by atomic mass is 10.1. The van der Waals surface area contributed by atoms with Gasteiger partial charge in [0.1, 0.15) is 24.5 Å². The van der Waals surface area contributed by atoms with Crippen LogP contribution < -0.4 is 19.5 Å². The largest absolute Gasteiger partial charge is 0.493 e. The molecular formula is C28H24N4O7. The highest BCUT2D eigenvalue weighted by Gasteiger charge is 2.25. The van der Waals surface area contributed by atoms with Crippen molar-refractivity contribution < 1.29 is 33.1 Å². The van der Waals surface area contributed by atoms with Crippen LogP contribution in [0.1, 0.15) is 5.56 Å². The number of rotatable bonds is 10. The van der Waals surface area contributed by atoms with Gasteiger partial charge >= 0.3 is 0 Å². The maximum Gasteiger partial charge on any atom is 0.223 e. The number of carbonyl (C=O) groups excluding carboxylic acids is 2. The van der Waals surface area contributed by atoms with Crippen molar-refractivity contribution in [2.45, 2.75) is 6.92 Å². The molecule has 2 aromatic carbocycles. The van der Waals surface area contributed by atoms with Crippen molar-refractivity contribution in [2.75, 3.05) is 32.8 Å². The monoisotopic (exact) mass is 528 g/mol. The van der Waals surface area contributed by atoms with Gasteiger partial charge in [-0.05, 0) is 25.1 Å². The summed E-state index contributed by atoms with van der Waals surface area (Å²) in [6.07, 6.45) is 5.17. The summed E-state index contributed by atoms with van der Waals surface area (Å²) in [6, 6.07) is 10.5. The van der Waals surface area contributed by atoms with E-state index >= 15 is 0 Å². The molecule has 198 valence electrons. The fourth-order valence-electron chi connectivity index (χ4n) is 3.92. The predicted octanol–water partition coefficient (Wildman–Crippen LogP) is 4.04. The molecule has 1 aliphatic rings. The minimum Gasteiger partial charge on any atom is -0.493 e. The van der Waals surface area contributed by atoms with E-state index in [1.807, 2.05) is 19.1 Å². The lowest BCUT2D eigenvalue weighted by Crippen LogP contribution is -2.21. The molecule has 4 aromatic rings. The van der Waals surface area contributed by atoms with Gasteiger partial charge in [0.15, 0.2) is 23.0 Å². The van der Waals surface area contributed by atoms with E-state index in [-0.39, 0.29) is 11.5 Å². The first-order valence-corrected chi connectivity index (χ1v) is 11.9. The molecule has 1 aliphatic carbocycles. The second-order valence-corrected chi connectivity index (χ2v) is 8.48. The van der Waals surface area contributed by atoms with Gasteiger partial charge in [0.25, 0.3) is 0 Å². The van der Waals surface area contributed by atoms with Gasteiger partial charge in [-0.1, -0.05) is 16.8 Å². The molecule has 0 atom stereocenters. The van der Waals surface area contributed by atoms with Crippen molar-refractivity contribution >= 4 is 28.3 Å². The molecule has 0 unspecified atom stereocenters. The SMILES string of the molecule is COCCOc1cc2ncnc(NC3=CC(=O)C(Oc4ccc(C)cc4-c4ccno4)=CC3=O)c2cc1OC. The molecule has 11 nitrogen and oxygen atoms in total. The molecule has 39 heavy (non-hydrogen) atoms. The van der Waals surface area contributed by atoms with Crippen molar-refractivity contribution in [1.82, 2.24) is 15.1 Å². The van der Waals surface area contributed by atoms with Crippen LogP contribution in [-0.4, -0.2) is 54.1 Å². The average molecular weight is 529 g/mol. The van der Waals surface area contributed by atoms with Gasteiger partial charge in [-0.25, -0.2) is 9.97 Å². The number of hydrogen-bond donors (Lipinski definition) is 1. The number of carbonyl (C=O) groups is 2. The van der Waals surface area contributed by atoms with E-state index in [9.17, 15) is 9.59 Å². The molecule has 0 spiro atoms. The first kappa shape index (κ1) is 25.6. The van der Waals surface area contributed by atoms with Gasteiger partial charge in [0.2, 0.25) is 11.6 Å². The summed E-state index contributed by atoms with van der Waals surface area (Å²) in [6.45, 7) is 2.66. The summed E-state index contributed by atoms with van der Waals surface area (Å²) in [5.41, 5.74) is 2.15. The molecular weight excluding hydrogens is 504 g/mol. The Balaban J connectivity index is 1.39. The van der Waals surface area contributed by atoms with E-state index in [0.717, 1.165) is 11.6 Å². The fraction of sp³-hybridized carbons (Fsp3) is 0.179. The number of anilines is 1. The Morgan fingerprint density at radius 3 is 2.56 bits per heavy atom. The number of nitrogens with one attached hydrogen (secondary N) is 1. The minimum absolute atomic E-state index is 0.0334. The first-order valence-electron chi connectivity index (χ1n) is 11.9. The number of fused-ring (bicyclic) bond motifs is 1. The predicted molar refractivity (Wildman–Crippen MR) is 141 cm³/mol. The zero-order chi connectivity index (χ0) is 27.4. The number of benzene rings is 2. The molecule has 0 aliphatic heterocycles. The topological polar surface area (TPSA) is 135 Å². The summed E-state index contributed by atoms with van der Waals surface area (Å²) in [5, 5.41) is 7.25. The Morgan fingerprint density at radius 1 is 0.923 bits per heavy atom. The smallest absolute Gasteiger partial charge is 0.223 e. The lowest BCUT2D eigenvalue weighted by molar-refractivity contribution is -0.116. The summed E-state index contributed by atoms with van der Waals surface area (Å²) in [4.78, 5) is 34.5. The normalized spacial score (nSPS) is 13.2. The summed E-state index contributed by atoms with van der Waals surface area (Å²) in [5.74, 6) is 1.00. The Labute approximate surface area is 223 Å². The number of ketones is 2.